The Morgan fingerprint density at radius 3 is 1.15 bits per heavy atom. The first-order chi connectivity index (χ1) is 5.73. The minimum atomic E-state index is -0.0976. The van der Waals surface area contributed by atoms with Crippen LogP contribution in [0.5, 0.6) is 0 Å². The number of rotatable bonds is 0. The quantitative estimate of drug-likeness (QED) is 0.499. The van der Waals surface area contributed by atoms with Crippen molar-refractivity contribution in [2.75, 3.05) is 0 Å². The number of hydrogen-bond donors (Lipinski definition) is 0. The Labute approximate surface area is 83.9 Å². The summed E-state index contributed by atoms with van der Waals surface area (Å²) in [5, 5.41) is 0. The lowest BCUT2D eigenvalue weighted by molar-refractivity contribution is 0.386. The van der Waals surface area contributed by atoms with Crippen LogP contribution in [-0.2, 0) is 0 Å². The molecule has 4 aliphatic rings. The monoisotopic (exact) mass is 231 g/mol. The van der Waals surface area contributed by atoms with Gasteiger partial charge < -0.3 is 0 Å². The average Bonchev–Trinajstić information content (AvgIpc) is 2.27. The van der Waals surface area contributed by atoms with Gasteiger partial charge in [-0.15, -0.1) is 0 Å². The molecule has 0 aromatic heterocycles. The van der Waals surface area contributed by atoms with Crippen LogP contribution in [0.25, 0.3) is 0 Å². The second kappa shape index (κ2) is 1.44. The maximum Gasteiger partial charge on any atom is 0.206 e. The van der Waals surface area contributed by atoms with E-state index in [1.54, 1.807) is 0 Å². The fraction of sp³-hybridized carbons (Fsp3) is 1.00. The summed E-state index contributed by atoms with van der Waals surface area (Å²) in [7, 11) is 1.33. The summed E-state index contributed by atoms with van der Waals surface area (Å²) >= 11 is 0. The summed E-state index contributed by atoms with van der Waals surface area (Å²) in [5.41, 5.74) is 1.43. The third-order valence-corrected chi connectivity index (χ3v) is 35.9. The van der Waals surface area contributed by atoms with Crippen molar-refractivity contribution in [2.24, 2.45) is 10.8 Å². The van der Waals surface area contributed by atoms with Gasteiger partial charge in [0, 0.05) is 10.8 Å². The SMILES string of the molecule is CC(C)(C)C12P3C4(C(C)(C)C)P1[P+]324. The maximum atomic E-state index is 2.51. The van der Waals surface area contributed by atoms with E-state index >= 15 is 0 Å². The summed E-state index contributed by atoms with van der Waals surface area (Å²) in [4.78, 5) is 0. The molecule has 0 bridgehead atoms. The fourth-order valence-electron chi connectivity index (χ4n) is 4.10. The molecular formula is C10H18P3+. The smallest absolute Gasteiger partial charge is 0.0551 e. The Bertz CT molecular complexity index is 313. The first-order valence-corrected chi connectivity index (χ1v) is 11.1. The zero-order valence-electron chi connectivity index (χ0n) is 9.34. The van der Waals surface area contributed by atoms with Crippen LogP contribution in [0.1, 0.15) is 41.5 Å². The molecule has 0 saturated carbocycles. The molecule has 0 amide bonds. The van der Waals surface area contributed by atoms with Gasteiger partial charge in [0.25, 0.3) is 0 Å². The first kappa shape index (κ1) is 8.44. The van der Waals surface area contributed by atoms with Crippen molar-refractivity contribution in [1.29, 1.82) is 0 Å². The van der Waals surface area contributed by atoms with Crippen molar-refractivity contribution < 1.29 is 0 Å². The van der Waals surface area contributed by atoms with Gasteiger partial charge in [-0.25, -0.2) is 0 Å². The highest BCUT2D eigenvalue weighted by atomic mass is 32.7. The lowest BCUT2D eigenvalue weighted by Gasteiger charge is -2.36. The molecule has 0 radical (unpaired) electrons. The molecule has 0 atom stereocenters. The van der Waals surface area contributed by atoms with Crippen LogP contribution in [0.3, 0.4) is 0 Å². The Balaban J connectivity index is 1.69. The predicted octanol–water partition coefficient (Wildman–Crippen LogP) is 5.25. The van der Waals surface area contributed by atoms with Gasteiger partial charge in [-0.2, -0.15) is 0 Å². The van der Waals surface area contributed by atoms with E-state index in [-0.39, 0.29) is 6.64 Å². The van der Waals surface area contributed by atoms with Gasteiger partial charge in [0.2, 0.25) is 9.28 Å². The molecule has 3 heteroatoms. The molecule has 4 aliphatic heterocycles. The van der Waals surface area contributed by atoms with Crippen molar-refractivity contribution in [3.63, 3.8) is 0 Å². The molecule has 1 spiro atoms. The molecule has 13 heavy (non-hydrogen) atoms. The van der Waals surface area contributed by atoms with Crippen molar-refractivity contribution in [1.82, 2.24) is 0 Å². The number of fused-ring (bicyclic) bond motifs is 4. The van der Waals surface area contributed by atoms with Gasteiger partial charge in [0.15, 0.2) is 15.2 Å². The highest BCUT2D eigenvalue weighted by Crippen LogP contribution is 3.86. The highest BCUT2D eigenvalue weighted by Gasteiger charge is 3.55. The van der Waals surface area contributed by atoms with Gasteiger partial charge in [-0.1, -0.05) is 41.5 Å². The topological polar surface area (TPSA) is 0 Å². The van der Waals surface area contributed by atoms with E-state index in [4.69, 9.17) is 0 Å². The average molecular weight is 231 g/mol. The molecular weight excluding hydrogens is 213 g/mol. The van der Waals surface area contributed by atoms with Gasteiger partial charge in [-0.05, 0) is 0 Å². The number of hydrogen-bond acceptors (Lipinski definition) is 0. The zero-order valence-corrected chi connectivity index (χ0v) is 12.0. The Morgan fingerprint density at radius 2 is 1.00 bits per heavy atom. The summed E-state index contributed by atoms with van der Waals surface area (Å²) in [5.74, 6) is 0. The van der Waals surface area contributed by atoms with Crippen LogP contribution >= 0.6 is 21.9 Å². The maximum absolute atomic E-state index is 2.51. The van der Waals surface area contributed by atoms with E-state index in [9.17, 15) is 0 Å². The summed E-state index contributed by atoms with van der Waals surface area (Å²) in [6.07, 6.45) is 0. The van der Waals surface area contributed by atoms with Crippen LogP contribution in [0.4, 0.5) is 0 Å². The van der Waals surface area contributed by atoms with Crippen molar-refractivity contribution in [3.05, 3.63) is 0 Å². The Kier molecular flexibility index (Phi) is 0.938. The molecule has 0 unspecified atom stereocenters. The molecule has 4 heterocycles. The molecule has 0 nitrogen and oxygen atoms in total. The van der Waals surface area contributed by atoms with Crippen LogP contribution in [0, 0.1) is 10.8 Å². The van der Waals surface area contributed by atoms with Crippen molar-refractivity contribution in [3.8, 4) is 0 Å². The van der Waals surface area contributed by atoms with Gasteiger partial charge in [0.05, 0.1) is 0 Å². The van der Waals surface area contributed by atoms with Crippen LogP contribution < -0.4 is 0 Å². The molecule has 0 N–H and O–H groups in total. The second-order valence-electron chi connectivity index (χ2n) is 7.00. The standard InChI is InChI=1S/C10H18P3/c1-7(2,3)9-11-10(8(4,5)6)12(9)13(9,10)11/h1-6H3/q+1. The molecule has 4 fully saturated rings. The van der Waals surface area contributed by atoms with E-state index < -0.39 is 0 Å². The van der Waals surface area contributed by atoms with E-state index in [0.29, 0.717) is 26.1 Å². The molecule has 72 valence electrons. The normalized spacial score (nSPS) is 69.7. The second-order valence-corrected chi connectivity index (χ2v) is 22.5. The fourth-order valence-corrected chi connectivity index (χ4v) is 53.9. The predicted molar refractivity (Wildman–Crippen MR) is 65.1 cm³/mol. The highest BCUT2D eigenvalue weighted by molar-refractivity contribution is 9.26. The van der Waals surface area contributed by atoms with Crippen LogP contribution in [0.2, 0.25) is 0 Å². The Hall–Kier alpha value is 1.29. The third kappa shape index (κ3) is 0.397. The first-order valence-electron chi connectivity index (χ1n) is 5.24. The summed E-state index contributed by atoms with van der Waals surface area (Å²) in [6.45, 7) is 15.0. The van der Waals surface area contributed by atoms with Gasteiger partial charge in [-0.3, -0.25) is 0 Å². The molecule has 0 aromatic rings. The van der Waals surface area contributed by atoms with E-state index in [2.05, 4.69) is 41.5 Å². The van der Waals surface area contributed by atoms with E-state index in [1.165, 1.54) is 0 Å². The molecule has 0 aliphatic carbocycles. The largest absolute Gasteiger partial charge is 0.206 e. The molecule has 4 saturated heterocycles. The lowest BCUT2D eigenvalue weighted by atomic mass is 9.98. The van der Waals surface area contributed by atoms with Gasteiger partial charge >= 0.3 is 0 Å². The van der Waals surface area contributed by atoms with Gasteiger partial charge in [0.1, 0.15) is 6.64 Å². The third-order valence-electron chi connectivity index (χ3n) is 4.48. The van der Waals surface area contributed by atoms with Crippen molar-refractivity contribution >= 4 is 21.9 Å². The van der Waals surface area contributed by atoms with Crippen LogP contribution in [0.15, 0.2) is 0 Å². The van der Waals surface area contributed by atoms with E-state index in [1.807, 2.05) is 0 Å². The van der Waals surface area contributed by atoms with E-state index in [0.717, 1.165) is 9.28 Å². The molecule has 4 rings (SSSR count). The van der Waals surface area contributed by atoms with Crippen LogP contribution in [-0.4, -0.2) is 9.28 Å². The van der Waals surface area contributed by atoms with Crippen molar-refractivity contribution in [2.45, 2.75) is 50.8 Å². The zero-order chi connectivity index (χ0) is 9.65. The summed E-state index contributed by atoms with van der Waals surface area (Å²) in [6, 6.07) is 0. The Morgan fingerprint density at radius 1 is 0.769 bits per heavy atom. The summed E-state index contributed by atoms with van der Waals surface area (Å²) < 4.78 is 2.22. The minimum absolute atomic E-state index is 0.0976. The lowest BCUT2D eigenvalue weighted by Crippen LogP contribution is -2.38. The molecule has 0 aromatic carbocycles. The minimum Gasteiger partial charge on any atom is -0.0551 e.